The molecule has 0 aliphatic heterocycles. The van der Waals surface area contributed by atoms with E-state index >= 15 is 0 Å². The Kier molecular flexibility index (Phi) is 4.93. The summed E-state index contributed by atoms with van der Waals surface area (Å²) in [5.41, 5.74) is 2.66. The van der Waals surface area contributed by atoms with Gasteiger partial charge in [-0.25, -0.2) is 0 Å². The van der Waals surface area contributed by atoms with Gasteiger partial charge in [0.05, 0.1) is 11.1 Å². The summed E-state index contributed by atoms with van der Waals surface area (Å²) in [6.07, 6.45) is 3.78. The average molecular weight is 370 g/mol. The molecule has 2 heterocycles. The Morgan fingerprint density at radius 2 is 1.79 bits per heavy atom. The molecular formula is C22H18N4O2. The minimum Gasteiger partial charge on any atom is -0.493 e. The summed E-state index contributed by atoms with van der Waals surface area (Å²) in [5, 5.41) is 19.3. The zero-order valence-corrected chi connectivity index (χ0v) is 15.1. The van der Waals surface area contributed by atoms with Gasteiger partial charge in [0.15, 0.2) is 5.69 Å². The van der Waals surface area contributed by atoms with E-state index in [2.05, 4.69) is 27.3 Å². The van der Waals surface area contributed by atoms with Crippen LogP contribution >= 0.6 is 0 Å². The fourth-order valence-corrected chi connectivity index (χ4v) is 3.12. The molecule has 0 unspecified atom stereocenters. The molecular weight excluding hydrogens is 352 g/mol. The lowest BCUT2D eigenvalue weighted by atomic mass is 10.1. The topological polar surface area (TPSA) is 79.8 Å². The number of fused-ring (bicyclic) bond motifs is 1. The Bertz CT molecular complexity index is 1140. The van der Waals surface area contributed by atoms with Gasteiger partial charge in [0.2, 0.25) is 5.88 Å². The number of aryl methyl sites for hydroxylation is 2. The standard InChI is InChI=1S/C22H18N4O2/c27-21(17-9-6-13-23-15-17)25-24-20-18-10-4-5-11-19(18)26(22(20)28)14-12-16-7-2-1-3-8-16/h1-11,13,15,28H,12,14H2. The lowest BCUT2D eigenvalue weighted by molar-refractivity contribution is 0.0994. The maximum absolute atomic E-state index is 12.2. The summed E-state index contributed by atoms with van der Waals surface area (Å²) in [6, 6.07) is 20.9. The summed E-state index contributed by atoms with van der Waals surface area (Å²) in [4.78, 5) is 16.1. The Balaban J connectivity index is 1.66. The van der Waals surface area contributed by atoms with E-state index in [0.717, 1.165) is 17.3 Å². The van der Waals surface area contributed by atoms with E-state index < -0.39 is 5.91 Å². The first-order valence-corrected chi connectivity index (χ1v) is 8.94. The molecule has 2 aromatic heterocycles. The summed E-state index contributed by atoms with van der Waals surface area (Å²) in [6.45, 7) is 0.586. The first kappa shape index (κ1) is 17.6. The van der Waals surface area contributed by atoms with Crippen LogP contribution in [0.5, 0.6) is 5.88 Å². The van der Waals surface area contributed by atoms with Gasteiger partial charge in [-0.1, -0.05) is 48.5 Å². The van der Waals surface area contributed by atoms with E-state index in [0.29, 0.717) is 17.8 Å². The molecule has 0 saturated carbocycles. The van der Waals surface area contributed by atoms with Crippen LogP contribution in [0.1, 0.15) is 15.9 Å². The molecule has 0 aliphatic rings. The van der Waals surface area contributed by atoms with Crippen LogP contribution in [-0.4, -0.2) is 20.6 Å². The number of nitrogens with zero attached hydrogens (tertiary/aromatic N) is 4. The highest BCUT2D eigenvalue weighted by Gasteiger charge is 2.16. The third-order valence-corrected chi connectivity index (χ3v) is 4.53. The lowest BCUT2D eigenvalue weighted by Gasteiger charge is -2.07. The van der Waals surface area contributed by atoms with Crippen molar-refractivity contribution in [3.8, 4) is 5.88 Å². The number of benzene rings is 2. The summed E-state index contributed by atoms with van der Waals surface area (Å²) < 4.78 is 1.80. The Morgan fingerprint density at radius 1 is 1.00 bits per heavy atom. The first-order valence-electron chi connectivity index (χ1n) is 8.94. The number of carbonyl (C=O) groups excluding carboxylic acids is 1. The Labute approximate surface area is 161 Å². The smallest absolute Gasteiger partial charge is 0.296 e. The van der Waals surface area contributed by atoms with Gasteiger partial charge in [-0.15, -0.1) is 10.2 Å². The van der Waals surface area contributed by atoms with E-state index in [-0.39, 0.29) is 5.88 Å². The molecule has 6 heteroatoms. The molecule has 0 spiro atoms. The second-order valence-electron chi connectivity index (χ2n) is 6.32. The minimum atomic E-state index is -0.506. The number of rotatable bonds is 5. The molecule has 6 nitrogen and oxygen atoms in total. The van der Waals surface area contributed by atoms with Crippen LogP contribution in [0.2, 0.25) is 0 Å². The second-order valence-corrected chi connectivity index (χ2v) is 6.32. The molecule has 0 saturated heterocycles. The van der Waals surface area contributed by atoms with Gasteiger partial charge in [-0.05, 0) is 30.2 Å². The highest BCUT2D eigenvalue weighted by molar-refractivity contribution is 5.97. The van der Waals surface area contributed by atoms with Crippen LogP contribution in [0.3, 0.4) is 0 Å². The number of aromatic nitrogens is 2. The van der Waals surface area contributed by atoms with Crippen molar-refractivity contribution in [1.82, 2.24) is 9.55 Å². The zero-order valence-electron chi connectivity index (χ0n) is 15.1. The van der Waals surface area contributed by atoms with E-state index in [4.69, 9.17) is 0 Å². The number of carbonyl (C=O) groups is 1. The van der Waals surface area contributed by atoms with Crippen molar-refractivity contribution in [2.24, 2.45) is 10.2 Å². The van der Waals surface area contributed by atoms with Gasteiger partial charge >= 0.3 is 0 Å². The molecule has 0 fully saturated rings. The van der Waals surface area contributed by atoms with Crippen molar-refractivity contribution >= 4 is 22.5 Å². The van der Waals surface area contributed by atoms with Crippen molar-refractivity contribution in [1.29, 1.82) is 0 Å². The maximum atomic E-state index is 12.2. The number of pyridine rings is 1. The average Bonchev–Trinajstić information content (AvgIpc) is 3.02. The third kappa shape index (κ3) is 3.53. The molecule has 0 atom stereocenters. The first-order chi connectivity index (χ1) is 13.7. The van der Waals surface area contributed by atoms with Gasteiger partial charge in [0, 0.05) is 24.3 Å². The number of amides is 1. The summed E-state index contributed by atoms with van der Waals surface area (Å²) >= 11 is 0. The molecule has 28 heavy (non-hydrogen) atoms. The number of azo groups is 1. The fraction of sp³-hybridized carbons (Fsp3) is 0.0909. The van der Waals surface area contributed by atoms with Crippen LogP contribution < -0.4 is 0 Å². The fourth-order valence-electron chi connectivity index (χ4n) is 3.12. The monoisotopic (exact) mass is 370 g/mol. The van der Waals surface area contributed by atoms with Crippen LogP contribution in [0.25, 0.3) is 10.9 Å². The predicted octanol–water partition coefficient (Wildman–Crippen LogP) is 4.91. The van der Waals surface area contributed by atoms with Gasteiger partial charge in [-0.2, -0.15) is 0 Å². The van der Waals surface area contributed by atoms with Crippen molar-refractivity contribution in [3.63, 3.8) is 0 Å². The van der Waals surface area contributed by atoms with E-state index in [9.17, 15) is 9.90 Å². The van der Waals surface area contributed by atoms with Crippen LogP contribution in [0.4, 0.5) is 5.69 Å². The SMILES string of the molecule is O=C(N=Nc1c(O)n(CCc2ccccc2)c2ccccc12)c1cccnc1. The van der Waals surface area contributed by atoms with Gasteiger partial charge in [-0.3, -0.25) is 9.78 Å². The Morgan fingerprint density at radius 3 is 2.57 bits per heavy atom. The second kappa shape index (κ2) is 7.84. The molecule has 0 radical (unpaired) electrons. The van der Waals surface area contributed by atoms with Crippen molar-refractivity contribution in [2.45, 2.75) is 13.0 Å². The molecule has 1 amide bonds. The highest BCUT2D eigenvalue weighted by atomic mass is 16.3. The quantitative estimate of drug-likeness (QED) is 0.507. The van der Waals surface area contributed by atoms with Gasteiger partial charge in [0.25, 0.3) is 5.91 Å². The summed E-state index contributed by atoms with van der Waals surface area (Å²) in [5.74, 6) is -0.506. The van der Waals surface area contributed by atoms with E-state index in [1.807, 2.05) is 42.5 Å². The van der Waals surface area contributed by atoms with Crippen LogP contribution in [0, 0.1) is 0 Å². The van der Waals surface area contributed by atoms with E-state index in [1.54, 1.807) is 22.9 Å². The molecule has 2 aromatic carbocycles. The molecule has 4 rings (SSSR count). The maximum Gasteiger partial charge on any atom is 0.296 e. The highest BCUT2D eigenvalue weighted by Crippen LogP contribution is 2.39. The van der Waals surface area contributed by atoms with Crippen molar-refractivity contribution in [3.05, 3.63) is 90.3 Å². The molecule has 138 valence electrons. The summed E-state index contributed by atoms with van der Waals surface area (Å²) in [7, 11) is 0. The number of para-hydroxylation sites is 1. The van der Waals surface area contributed by atoms with Crippen molar-refractivity contribution < 1.29 is 9.90 Å². The molecule has 0 bridgehead atoms. The molecule has 4 aromatic rings. The number of hydrogen-bond acceptors (Lipinski definition) is 4. The zero-order chi connectivity index (χ0) is 19.3. The Hall–Kier alpha value is -3.80. The van der Waals surface area contributed by atoms with Crippen molar-refractivity contribution in [2.75, 3.05) is 0 Å². The van der Waals surface area contributed by atoms with Crippen LogP contribution in [-0.2, 0) is 13.0 Å². The molecule has 1 N–H and O–H groups in total. The van der Waals surface area contributed by atoms with Crippen LogP contribution in [0.15, 0.2) is 89.4 Å². The predicted molar refractivity (Wildman–Crippen MR) is 107 cm³/mol. The number of hydrogen-bond donors (Lipinski definition) is 1. The van der Waals surface area contributed by atoms with E-state index in [1.165, 1.54) is 11.8 Å². The van der Waals surface area contributed by atoms with Gasteiger partial charge in [0.1, 0.15) is 0 Å². The number of aromatic hydroxyl groups is 1. The minimum absolute atomic E-state index is 0.000122. The lowest BCUT2D eigenvalue weighted by Crippen LogP contribution is -2.00. The normalized spacial score (nSPS) is 11.3. The third-order valence-electron chi connectivity index (χ3n) is 4.53. The van der Waals surface area contributed by atoms with Gasteiger partial charge < -0.3 is 9.67 Å². The molecule has 0 aliphatic carbocycles. The largest absolute Gasteiger partial charge is 0.493 e.